The Labute approximate surface area is 135 Å². The smallest absolute Gasteiger partial charge is 0.251 e. The first kappa shape index (κ1) is 15.3. The number of nitrogens with one attached hydrogen (secondary N) is 1. The van der Waals surface area contributed by atoms with Crippen LogP contribution in [0, 0.1) is 6.92 Å². The highest BCUT2D eigenvalue weighted by molar-refractivity contribution is 9.10. The van der Waals surface area contributed by atoms with Crippen molar-refractivity contribution in [3.63, 3.8) is 0 Å². The van der Waals surface area contributed by atoms with E-state index in [1.165, 1.54) is 5.56 Å². The topological polar surface area (TPSA) is 29.1 Å². The Morgan fingerprint density at radius 2 is 1.90 bits per heavy atom. The average molecular weight is 397 g/mol. The summed E-state index contributed by atoms with van der Waals surface area (Å²) >= 11 is 6.84. The first-order valence-corrected chi connectivity index (χ1v) is 8.19. The molecule has 0 aromatic heterocycles. The Morgan fingerprint density at radius 3 is 2.60 bits per heavy atom. The molecule has 0 spiro atoms. The van der Waals surface area contributed by atoms with E-state index in [4.69, 9.17) is 0 Å². The van der Waals surface area contributed by atoms with E-state index >= 15 is 0 Å². The molecule has 2 aromatic carbocycles. The van der Waals surface area contributed by atoms with Gasteiger partial charge in [0.15, 0.2) is 0 Å². The number of carbonyl (C=O) groups excluding carboxylic acids is 1. The van der Waals surface area contributed by atoms with Gasteiger partial charge in [0, 0.05) is 21.9 Å². The van der Waals surface area contributed by atoms with Crippen LogP contribution in [0.3, 0.4) is 0 Å². The molecule has 2 rings (SSSR count). The Bertz CT molecular complexity index is 605. The normalized spacial score (nSPS) is 10.3. The lowest BCUT2D eigenvalue weighted by Gasteiger charge is -2.08. The van der Waals surface area contributed by atoms with Crippen LogP contribution in [0.4, 0.5) is 0 Å². The van der Waals surface area contributed by atoms with Crippen molar-refractivity contribution in [2.24, 2.45) is 0 Å². The second kappa shape index (κ2) is 7.04. The van der Waals surface area contributed by atoms with Crippen molar-refractivity contribution in [1.29, 1.82) is 0 Å². The lowest BCUT2D eigenvalue weighted by Crippen LogP contribution is -2.22. The maximum atomic E-state index is 12.1. The SMILES string of the molecule is Cc1cc(Br)cc(C(=O)NCc2cccc(CBr)c2)c1. The summed E-state index contributed by atoms with van der Waals surface area (Å²) in [5.41, 5.74) is 4.04. The Hall–Kier alpha value is -1.13. The van der Waals surface area contributed by atoms with Gasteiger partial charge in [-0.15, -0.1) is 0 Å². The molecule has 0 aliphatic heterocycles. The zero-order valence-electron chi connectivity index (χ0n) is 11.1. The quantitative estimate of drug-likeness (QED) is 0.752. The van der Waals surface area contributed by atoms with E-state index in [2.05, 4.69) is 49.3 Å². The molecule has 0 radical (unpaired) electrons. The van der Waals surface area contributed by atoms with Crippen LogP contribution in [0.25, 0.3) is 0 Å². The fraction of sp³-hybridized carbons (Fsp3) is 0.188. The summed E-state index contributed by atoms with van der Waals surface area (Å²) in [5, 5.41) is 3.76. The molecule has 1 N–H and O–H groups in total. The van der Waals surface area contributed by atoms with E-state index in [1.807, 2.05) is 37.3 Å². The van der Waals surface area contributed by atoms with Gasteiger partial charge in [-0.3, -0.25) is 4.79 Å². The molecule has 0 aliphatic rings. The zero-order valence-corrected chi connectivity index (χ0v) is 14.3. The number of benzene rings is 2. The van der Waals surface area contributed by atoms with Gasteiger partial charge >= 0.3 is 0 Å². The van der Waals surface area contributed by atoms with Crippen molar-refractivity contribution in [1.82, 2.24) is 5.32 Å². The summed E-state index contributed by atoms with van der Waals surface area (Å²) in [6.45, 7) is 2.51. The molecule has 1 amide bonds. The van der Waals surface area contributed by atoms with Crippen molar-refractivity contribution in [3.05, 3.63) is 69.2 Å². The number of amides is 1. The van der Waals surface area contributed by atoms with Gasteiger partial charge in [0.05, 0.1) is 0 Å². The van der Waals surface area contributed by atoms with Crippen LogP contribution in [0.15, 0.2) is 46.9 Å². The maximum Gasteiger partial charge on any atom is 0.251 e. The highest BCUT2D eigenvalue weighted by Crippen LogP contribution is 2.15. The van der Waals surface area contributed by atoms with Crippen LogP contribution in [-0.4, -0.2) is 5.91 Å². The Kier molecular flexibility index (Phi) is 5.38. The minimum atomic E-state index is -0.0568. The minimum absolute atomic E-state index is 0.0568. The summed E-state index contributed by atoms with van der Waals surface area (Å²) in [6.07, 6.45) is 0. The fourth-order valence-electron chi connectivity index (χ4n) is 1.97. The maximum absolute atomic E-state index is 12.1. The molecule has 0 aliphatic carbocycles. The fourth-order valence-corrected chi connectivity index (χ4v) is 2.93. The van der Waals surface area contributed by atoms with Gasteiger partial charge in [-0.25, -0.2) is 0 Å². The van der Waals surface area contributed by atoms with Gasteiger partial charge < -0.3 is 5.32 Å². The molecule has 0 heterocycles. The highest BCUT2D eigenvalue weighted by Gasteiger charge is 2.07. The monoisotopic (exact) mass is 395 g/mol. The van der Waals surface area contributed by atoms with E-state index < -0.39 is 0 Å². The second-order valence-corrected chi connectivity index (χ2v) is 6.13. The zero-order chi connectivity index (χ0) is 14.5. The predicted octanol–water partition coefficient (Wildman–Crippen LogP) is 4.58. The molecule has 2 aromatic rings. The minimum Gasteiger partial charge on any atom is -0.348 e. The molecular weight excluding hydrogens is 382 g/mol. The van der Waals surface area contributed by atoms with Gasteiger partial charge in [-0.05, 0) is 41.8 Å². The summed E-state index contributed by atoms with van der Waals surface area (Å²) < 4.78 is 0.920. The summed E-state index contributed by atoms with van der Waals surface area (Å²) in [5.74, 6) is -0.0568. The highest BCUT2D eigenvalue weighted by atomic mass is 79.9. The second-order valence-electron chi connectivity index (χ2n) is 4.65. The van der Waals surface area contributed by atoms with Crippen molar-refractivity contribution < 1.29 is 4.79 Å². The van der Waals surface area contributed by atoms with Crippen molar-refractivity contribution in [2.45, 2.75) is 18.8 Å². The Balaban J connectivity index is 2.04. The van der Waals surface area contributed by atoms with Crippen LogP contribution in [0.5, 0.6) is 0 Å². The van der Waals surface area contributed by atoms with E-state index in [0.717, 1.165) is 20.9 Å². The Morgan fingerprint density at radius 1 is 1.15 bits per heavy atom. The number of alkyl halides is 1. The van der Waals surface area contributed by atoms with Crippen LogP contribution in [0.1, 0.15) is 27.0 Å². The summed E-state index contributed by atoms with van der Waals surface area (Å²) in [6, 6.07) is 13.8. The predicted molar refractivity (Wildman–Crippen MR) is 89.1 cm³/mol. The van der Waals surface area contributed by atoms with Crippen LogP contribution < -0.4 is 5.32 Å². The van der Waals surface area contributed by atoms with Crippen molar-refractivity contribution >= 4 is 37.8 Å². The summed E-state index contributed by atoms with van der Waals surface area (Å²) in [4.78, 5) is 12.1. The van der Waals surface area contributed by atoms with Crippen LogP contribution >= 0.6 is 31.9 Å². The van der Waals surface area contributed by atoms with Crippen molar-refractivity contribution in [3.8, 4) is 0 Å². The molecule has 20 heavy (non-hydrogen) atoms. The number of aryl methyl sites for hydroxylation is 1. The lowest BCUT2D eigenvalue weighted by molar-refractivity contribution is 0.0950. The number of hydrogen-bond acceptors (Lipinski definition) is 1. The van der Waals surface area contributed by atoms with Crippen LogP contribution in [-0.2, 0) is 11.9 Å². The molecule has 0 bridgehead atoms. The van der Waals surface area contributed by atoms with E-state index in [1.54, 1.807) is 0 Å². The molecule has 4 heteroatoms. The standard InChI is InChI=1S/C16H15Br2NO/c1-11-5-14(8-15(18)6-11)16(20)19-10-13-4-2-3-12(7-13)9-17/h2-8H,9-10H2,1H3,(H,19,20). The first-order chi connectivity index (χ1) is 9.58. The van der Waals surface area contributed by atoms with Gasteiger partial charge in [0.25, 0.3) is 5.91 Å². The summed E-state index contributed by atoms with van der Waals surface area (Å²) in [7, 11) is 0. The van der Waals surface area contributed by atoms with E-state index in [9.17, 15) is 4.79 Å². The van der Waals surface area contributed by atoms with Gasteiger partial charge in [0.2, 0.25) is 0 Å². The lowest BCUT2D eigenvalue weighted by atomic mass is 10.1. The third-order valence-electron chi connectivity index (χ3n) is 2.90. The molecule has 0 saturated carbocycles. The van der Waals surface area contributed by atoms with E-state index in [0.29, 0.717) is 12.1 Å². The van der Waals surface area contributed by atoms with Gasteiger partial charge in [-0.1, -0.05) is 56.1 Å². The molecular formula is C16H15Br2NO. The van der Waals surface area contributed by atoms with E-state index in [-0.39, 0.29) is 5.91 Å². The molecule has 0 fully saturated rings. The van der Waals surface area contributed by atoms with Crippen LogP contribution in [0.2, 0.25) is 0 Å². The third kappa shape index (κ3) is 4.18. The molecule has 0 unspecified atom stereocenters. The van der Waals surface area contributed by atoms with Gasteiger partial charge in [0.1, 0.15) is 0 Å². The number of carbonyl (C=O) groups is 1. The molecule has 0 saturated heterocycles. The third-order valence-corrected chi connectivity index (χ3v) is 4.01. The molecule has 0 atom stereocenters. The first-order valence-electron chi connectivity index (χ1n) is 6.27. The molecule has 104 valence electrons. The van der Waals surface area contributed by atoms with Crippen molar-refractivity contribution in [2.75, 3.05) is 0 Å². The van der Waals surface area contributed by atoms with Gasteiger partial charge in [-0.2, -0.15) is 0 Å². The largest absolute Gasteiger partial charge is 0.348 e. The number of rotatable bonds is 4. The molecule has 2 nitrogen and oxygen atoms in total. The number of hydrogen-bond donors (Lipinski definition) is 1. The number of halogens is 2. The average Bonchev–Trinajstić information content (AvgIpc) is 2.44.